The summed E-state index contributed by atoms with van der Waals surface area (Å²) in [6, 6.07) is 9.15. The zero-order valence-electron chi connectivity index (χ0n) is 13.5. The molecule has 2 heterocycles. The maximum atomic E-state index is 12.9. The fraction of sp³-hybridized carbons (Fsp3) is 0.167. The van der Waals surface area contributed by atoms with Gasteiger partial charge >= 0.3 is 0 Å². The van der Waals surface area contributed by atoms with Crippen molar-refractivity contribution in [3.05, 3.63) is 58.6 Å². The lowest BCUT2D eigenvalue weighted by Gasteiger charge is -2.30. The maximum Gasteiger partial charge on any atom is 0.270 e. The molecule has 5 nitrogen and oxygen atoms in total. The number of carbonyl (C=O) groups excluding carboxylic acids is 2. The van der Waals surface area contributed by atoms with Crippen LogP contribution in [0.1, 0.15) is 22.6 Å². The van der Waals surface area contributed by atoms with E-state index in [-0.39, 0.29) is 10.7 Å². The van der Waals surface area contributed by atoms with Crippen LogP contribution in [-0.2, 0) is 9.59 Å². The van der Waals surface area contributed by atoms with Crippen LogP contribution in [0.25, 0.3) is 6.08 Å². The molecule has 1 aliphatic rings. The number of aryl methyl sites for hydroxylation is 3. The van der Waals surface area contributed by atoms with Crippen LogP contribution in [0, 0.1) is 20.8 Å². The Morgan fingerprint density at radius 3 is 2.50 bits per heavy atom. The zero-order valence-corrected chi connectivity index (χ0v) is 14.4. The molecule has 0 bridgehead atoms. The number of thiocarbonyl (C=S) groups is 1. The zero-order chi connectivity index (χ0) is 17.4. The first-order valence-corrected chi connectivity index (χ1v) is 7.83. The van der Waals surface area contributed by atoms with E-state index in [1.807, 2.05) is 32.0 Å². The molecule has 122 valence electrons. The summed E-state index contributed by atoms with van der Waals surface area (Å²) in [5.41, 5.74) is 2.61. The van der Waals surface area contributed by atoms with E-state index < -0.39 is 11.8 Å². The molecule has 0 unspecified atom stereocenters. The Morgan fingerprint density at radius 2 is 1.88 bits per heavy atom. The molecule has 1 aromatic carbocycles. The highest BCUT2D eigenvalue weighted by molar-refractivity contribution is 7.80. The lowest BCUT2D eigenvalue weighted by molar-refractivity contribution is -0.122. The van der Waals surface area contributed by atoms with Crippen LogP contribution >= 0.6 is 12.2 Å². The number of nitrogens with one attached hydrogen (secondary N) is 1. The third kappa shape index (κ3) is 2.88. The van der Waals surface area contributed by atoms with E-state index >= 15 is 0 Å². The molecule has 1 fully saturated rings. The number of furan rings is 1. The fourth-order valence-electron chi connectivity index (χ4n) is 2.61. The number of benzene rings is 1. The van der Waals surface area contributed by atoms with Gasteiger partial charge in [0.15, 0.2) is 5.11 Å². The second kappa shape index (κ2) is 6.05. The molecule has 2 amide bonds. The number of hydrogen-bond donors (Lipinski definition) is 1. The lowest BCUT2D eigenvalue weighted by Crippen LogP contribution is -2.54. The van der Waals surface area contributed by atoms with E-state index in [9.17, 15) is 9.59 Å². The van der Waals surface area contributed by atoms with Gasteiger partial charge in [0.1, 0.15) is 17.1 Å². The Hall–Kier alpha value is -2.73. The quantitative estimate of drug-likeness (QED) is 0.518. The van der Waals surface area contributed by atoms with E-state index in [0.717, 1.165) is 11.1 Å². The first kappa shape index (κ1) is 16.1. The van der Waals surface area contributed by atoms with Crippen molar-refractivity contribution < 1.29 is 14.0 Å². The highest BCUT2D eigenvalue weighted by Crippen LogP contribution is 2.26. The molecule has 3 rings (SSSR count). The average molecular weight is 340 g/mol. The van der Waals surface area contributed by atoms with Gasteiger partial charge in [-0.05, 0) is 62.8 Å². The molecule has 0 saturated carbocycles. The third-order valence-electron chi connectivity index (χ3n) is 3.74. The van der Waals surface area contributed by atoms with Crippen LogP contribution in [0.5, 0.6) is 0 Å². The average Bonchev–Trinajstić information content (AvgIpc) is 2.91. The van der Waals surface area contributed by atoms with Crippen molar-refractivity contribution in [1.82, 2.24) is 5.32 Å². The summed E-state index contributed by atoms with van der Waals surface area (Å²) in [4.78, 5) is 26.4. The van der Waals surface area contributed by atoms with Gasteiger partial charge in [0.25, 0.3) is 11.8 Å². The molecule has 2 aromatic rings. The Balaban J connectivity index is 2.04. The largest absolute Gasteiger partial charge is 0.462 e. The molecule has 1 saturated heterocycles. The first-order valence-electron chi connectivity index (χ1n) is 7.42. The lowest BCUT2D eigenvalue weighted by atomic mass is 10.1. The summed E-state index contributed by atoms with van der Waals surface area (Å²) in [5, 5.41) is 2.64. The van der Waals surface area contributed by atoms with Crippen LogP contribution in [0.3, 0.4) is 0 Å². The van der Waals surface area contributed by atoms with E-state index in [1.165, 1.54) is 11.0 Å². The predicted molar refractivity (Wildman–Crippen MR) is 95.6 cm³/mol. The summed E-state index contributed by atoms with van der Waals surface area (Å²) >= 11 is 5.20. The normalized spacial score (nSPS) is 16.7. The van der Waals surface area contributed by atoms with Gasteiger partial charge in [-0.2, -0.15) is 0 Å². The molecule has 1 aliphatic heterocycles. The fourth-order valence-corrected chi connectivity index (χ4v) is 2.88. The number of hydrogen-bond acceptors (Lipinski definition) is 4. The number of nitrogens with zero attached hydrogens (tertiary/aromatic N) is 1. The summed E-state index contributed by atoms with van der Waals surface area (Å²) in [6.07, 6.45) is 1.43. The Labute approximate surface area is 144 Å². The van der Waals surface area contributed by atoms with Crippen LogP contribution in [0.15, 0.2) is 40.3 Å². The van der Waals surface area contributed by atoms with Crippen LogP contribution in [0.4, 0.5) is 5.69 Å². The molecule has 6 heteroatoms. The van der Waals surface area contributed by atoms with Crippen molar-refractivity contribution in [2.75, 3.05) is 4.90 Å². The van der Waals surface area contributed by atoms with E-state index in [1.54, 1.807) is 19.1 Å². The molecular formula is C18H16N2O3S. The van der Waals surface area contributed by atoms with Gasteiger partial charge in [0.2, 0.25) is 0 Å². The van der Waals surface area contributed by atoms with Crippen molar-refractivity contribution in [2.24, 2.45) is 0 Å². The SMILES string of the molecule is Cc1ccc(N2C(=O)/C(=C/c3ccc(C)o3)C(=O)NC2=S)c(C)c1. The van der Waals surface area contributed by atoms with Crippen molar-refractivity contribution in [1.29, 1.82) is 0 Å². The second-order valence-corrected chi connectivity index (χ2v) is 6.08. The molecular weight excluding hydrogens is 324 g/mol. The smallest absolute Gasteiger partial charge is 0.270 e. The van der Waals surface area contributed by atoms with Gasteiger partial charge in [0, 0.05) is 0 Å². The van der Waals surface area contributed by atoms with Gasteiger partial charge < -0.3 is 4.42 Å². The van der Waals surface area contributed by atoms with Gasteiger partial charge in [0.05, 0.1) is 5.69 Å². The number of anilines is 1. The summed E-state index contributed by atoms with van der Waals surface area (Å²) < 4.78 is 5.43. The predicted octanol–water partition coefficient (Wildman–Crippen LogP) is 3.04. The Morgan fingerprint density at radius 1 is 1.12 bits per heavy atom. The van der Waals surface area contributed by atoms with E-state index in [0.29, 0.717) is 17.2 Å². The minimum Gasteiger partial charge on any atom is -0.462 e. The van der Waals surface area contributed by atoms with Crippen LogP contribution in [0.2, 0.25) is 0 Å². The molecule has 24 heavy (non-hydrogen) atoms. The molecule has 0 atom stereocenters. The van der Waals surface area contributed by atoms with Crippen molar-refractivity contribution in [2.45, 2.75) is 20.8 Å². The number of rotatable bonds is 2. The van der Waals surface area contributed by atoms with E-state index in [2.05, 4.69) is 5.32 Å². The highest BCUT2D eigenvalue weighted by Gasteiger charge is 2.35. The Bertz CT molecular complexity index is 895. The third-order valence-corrected chi connectivity index (χ3v) is 4.03. The second-order valence-electron chi connectivity index (χ2n) is 5.70. The summed E-state index contributed by atoms with van der Waals surface area (Å²) in [7, 11) is 0. The number of carbonyl (C=O) groups is 2. The minimum absolute atomic E-state index is 0.0158. The summed E-state index contributed by atoms with van der Waals surface area (Å²) in [5.74, 6) is 0.150. The molecule has 1 aromatic heterocycles. The standard InChI is InChI=1S/C18H16N2O3S/c1-10-4-7-15(11(2)8-10)20-17(22)14(16(21)19-18(20)24)9-13-6-5-12(3)23-13/h4-9H,1-3H3,(H,19,21,24)/b14-9+. The van der Waals surface area contributed by atoms with Crippen LogP contribution < -0.4 is 10.2 Å². The monoisotopic (exact) mass is 340 g/mol. The van der Waals surface area contributed by atoms with Gasteiger partial charge in [-0.3, -0.25) is 19.8 Å². The van der Waals surface area contributed by atoms with Crippen molar-refractivity contribution >= 4 is 40.9 Å². The topological polar surface area (TPSA) is 62.6 Å². The molecule has 0 spiro atoms. The number of amides is 2. The van der Waals surface area contributed by atoms with E-state index in [4.69, 9.17) is 16.6 Å². The Kier molecular flexibility index (Phi) is 4.07. The highest BCUT2D eigenvalue weighted by atomic mass is 32.1. The van der Waals surface area contributed by atoms with Gasteiger partial charge in [-0.15, -0.1) is 0 Å². The molecule has 0 radical (unpaired) electrons. The van der Waals surface area contributed by atoms with Gasteiger partial charge in [-0.25, -0.2) is 0 Å². The minimum atomic E-state index is -0.528. The summed E-state index contributed by atoms with van der Waals surface area (Å²) in [6.45, 7) is 5.66. The maximum absolute atomic E-state index is 12.9. The molecule has 0 aliphatic carbocycles. The van der Waals surface area contributed by atoms with Gasteiger partial charge in [-0.1, -0.05) is 17.7 Å². The van der Waals surface area contributed by atoms with Crippen molar-refractivity contribution in [3.8, 4) is 0 Å². The van der Waals surface area contributed by atoms with Crippen molar-refractivity contribution in [3.63, 3.8) is 0 Å². The first-order chi connectivity index (χ1) is 11.4. The van der Waals surface area contributed by atoms with Crippen LogP contribution in [-0.4, -0.2) is 16.9 Å². The molecule has 1 N–H and O–H groups in total.